The zero-order valence-electron chi connectivity index (χ0n) is 19.8. The molecule has 0 unspecified atom stereocenters. The maximum Gasteiger partial charge on any atom is 0.389 e. The molecule has 1 aliphatic carbocycles. The van der Waals surface area contributed by atoms with Crippen LogP contribution in [0.5, 0.6) is 0 Å². The molecule has 200 valence electrons. The molecule has 1 aliphatic rings. The van der Waals surface area contributed by atoms with Gasteiger partial charge in [0.15, 0.2) is 5.69 Å². The highest BCUT2D eigenvalue weighted by Crippen LogP contribution is 2.35. The monoisotopic (exact) mass is 553 g/mol. The third-order valence-corrected chi connectivity index (χ3v) is 8.48. The van der Waals surface area contributed by atoms with Gasteiger partial charge in [-0.15, -0.1) is 0 Å². The fraction of sp³-hybridized carbons (Fsp3) is 0.565. The van der Waals surface area contributed by atoms with Crippen molar-refractivity contribution in [3.63, 3.8) is 0 Å². The number of aliphatic hydroxyl groups is 1. The number of sulfone groups is 1. The van der Waals surface area contributed by atoms with Crippen molar-refractivity contribution in [1.29, 1.82) is 0 Å². The highest BCUT2D eigenvalue weighted by atomic mass is 35.5. The number of alkyl halides is 3. The molecule has 0 atom stereocenters. The number of aryl methyl sites for hydroxylation is 2. The van der Waals surface area contributed by atoms with Crippen LogP contribution in [0.1, 0.15) is 55.1 Å². The van der Waals surface area contributed by atoms with E-state index < -0.39 is 45.0 Å². The molecule has 1 amide bonds. The average Bonchev–Trinajstić information content (AvgIpc) is 3.11. The molecule has 36 heavy (non-hydrogen) atoms. The minimum atomic E-state index is -4.36. The summed E-state index contributed by atoms with van der Waals surface area (Å²) in [5.74, 6) is -1.50. The van der Waals surface area contributed by atoms with Gasteiger partial charge in [0, 0.05) is 31.3 Å². The van der Waals surface area contributed by atoms with Gasteiger partial charge >= 0.3 is 6.18 Å². The number of hydrogen-bond donors (Lipinski definition) is 2. The molecule has 1 aromatic heterocycles. The Bertz CT molecular complexity index is 1220. The lowest BCUT2D eigenvalue weighted by Crippen LogP contribution is -2.47. The first-order chi connectivity index (χ1) is 16.6. The molecule has 1 heterocycles. The van der Waals surface area contributed by atoms with Gasteiger partial charge in [-0.25, -0.2) is 12.8 Å². The molecule has 13 heteroatoms. The Kier molecular flexibility index (Phi) is 8.41. The number of halogens is 5. The van der Waals surface area contributed by atoms with Gasteiger partial charge in [-0.05, 0) is 56.7 Å². The highest BCUT2D eigenvalue weighted by Gasteiger charge is 2.37. The van der Waals surface area contributed by atoms with Crippen molar-refractivity contribution in [1.82, 2.24) is 15.1 Å². The topological polar surface area (TPSA) is 101 Å². The lowest BCUT2D eigenvalue weighted by Gasteiger charge is -2.35. The molecule has 1 aromatic carbocycles. The summed E-state index contributed by atoms with van der Waals surface area (Å²) in [6.07, 6.45) is -3.71. The van der Waals surface area contributed by atoms with Gasteiger partial charge in [0.05, 0.1) is 21.6 Å². The Labute approximate surface area is 211 Å². The Morgan fingerprint density at radius 1 is 1.31 bits per heavy atom. The summed E-state index contributed by atoms with van der Waals surface area (Å²) in [5, 5.41) is 16.8. The lowest BCUT2D eigenvalue weighted by molar-refractivity contribution is -0.134. The van der Waals surface area contributed by atoms with Crippen LogP contribution in [0.4, 0.5) is 17.6 Å². The van der Waals surface area contributed by atoms with Crippen LogP contribution in [0.15, 0.2) is 18.2 Å². The van der Waals surface area contributed by atoms with Crippen molar-refractivity contribution >= 4 is 27.3 Å². The molecule has 3 rings (SSSR count). The second kappa shape index (κ2) is 10.7. The van der Waals surface area contributed by atoms with Crippen LogP contribution < -0.4 is 5.32 Å². The first-order valence-electron chi connectivity index (χ1n) is 11.4. The fourth-order valence-corrected chi connectivity index (χ4v) is 5.74. The summed E-state index contributed by atoms with van der Waals surface area (Å²) in [6, 6.07) is 3.68. The molecule has 0 spiro atoms. The summed E-state index contributed by atoms with van der Waals surface area (Å²) in [4.78, 5) is 12.8. The van der Waals surface area contributed by atoms with E-state index in [9.17, 15) is 35.9 Å². The average molecular weight is 554 g/mol. The largest absolute Gasteiger partial charge is 0.389 e. The van der Waals surface area contributed by atoms with Crippen molar-refractivity contribution in [3.05, 3.63) is 40.3 Å². The Morgan fingerprint density at radius 2 is 1.94 bits per heavy atom. The summed E-state index contributed by atoms with van der Waals surface area (Å²) in [6.45, 7) is 1.79. The van der Waals surface area contributed by atoms with E-state index in [4.69, 9.17) is 11.6 Å². The molecule has 0 aliphatic heterocycles. The van der Waals surface area contributed by atoms with E-state index >= 15 is 0 Å². The van der Waals surface area contributed by atoms with Crippen LogP contribution >= 0.6 is 11.6 Å². The van der Waals surface area contributed by atoms with E-state index in [1.807, 2.05) is 0 Å². The second-order valence-corrected chi connectivity index (χ2v) is 11.9. The minimum Gasteiger partial charge on any atom is -0.388 e. The maximum atomic E-state index is 14.9. The molecule has 0 bridgehead atoms. The first kappa shape index (κ1) is 28.4. The van der Waals surface area contributed by atoms with Gasteiger partial charge in [0.1, 0.15) is 15.7 Å². The molecule has 0 radical (unpaired) electrons. The Morgan fingerprint density at radius 3 is 2.47 bits per heavy atom. The van der Waals surface area contributed by atoms with E-state index in [0.29, 0.717) is 0 Å². The highest BCUT2D eigenvalue weighted by molar-refractivity contribution is 7.91. The van der Waals surface area contributed by atoms with Crippen molar-refractivity contribution in [3.8, 4) is 11.3 Å². The van der Waals surface area contributed by atoms with E-state index in [-0.39, 0.29) is 72.7 Å². The number of benzene rings is 1. The van der Waals surface area contributed by atoms with Crippen LogP contribution in [0.25, 0.3) is 11.3 Å². The molecule has 1 saturated carbocycles. The van der Waals surface area contributed by atoms with Crippen LogP contribution in [0.2, 0.25) is 5.02 Å². The molecule has 0 saturated heterocycles. The lowest BCUT2D eigenvalue weighted by atomic mass is 9.84. The van der Waals surface area contributed by atoms with Crippen molar-refractivity contribution < 1.29 is 35.9 Å². The van der Waals surface area contributed by atoms with Crippen molar-refractivity contribution in [2.45, 2.75) is 69.0 Å². The van der Waals surface area contributed by atoms with Gasteiger partial charge in [0.2, 0.25) is 0 Å². The molecule has 2 N–H and O–H groups in total. The summed E-state index contributed by atoms with van der Waals surface area (Å²) < 4.78 is 77.1. The van der Waals surface area contributed by atoms with E-state index in [2.05, 4.69) is 10.4 Å². The fourth-order valence-electron chi connectivity index (χ4n) is 4.33. The third-order valence-electron chi connectivity index (χ3n) is 6.44. The third kappa shape index (κ3) is 6.77. The van der Waals surface area contributed by atoms with Crippen molar-refractivity contribution in [2.75, 3.05) is 12.8 Å². The zero-order valence-corrected chi connectivity index (χ0v) is 21.4. The SMILES string of the molecule is CCn1nc(C(=O)NCC2(O)CCC(S(C)(=O)=O)CC2)c(Cl)c1-c1ccc(CCC(F)(F)F)cc1F. The summed E-state index contributed by atoms with van der Waals surface area (Å²) in [5.41, 5.74) is -1.21. The molecular weight excluding hydrogens is 526 g/mol. The molecule has 7 nitrogen and oxygen atoms in total. The number of hydrogen-bond acceptors (Lipinski definition) is 5. The standard InChI is InChI=1S/C23H28ClF4N3O4S/c1-3-31-20(16-5-4-14(12-17(16)25)6-11-23(26,27)28)18(24)19(30-31)21(32)29-13-22(33)9-7-15(8-10-22)36(2,34)35/h4-5,12,15,33H,3,6-11,13H2,1-2H3,(H,29,32). The van der Waals surface area contributed by atoms with Crippen LogP contribution in [0, 0.1) is 5.82 Å². The Hall–Kier alpha value is -2.18. The van der Waals surface area contributed by atoms with Gasteiger partial charge in [-0.1, -0.05) is 17.7 Å². The first-order valence-corrected chi connectivity index (χ1v) is 13.8. The van der Waals surface area contributed by atoms with E-state index in [1.165, 1.54) is 16.8 Å². The number of nitrogens with one attached hydrogen (secondary N) is 1. The number of carbonyl (C=O) groups excluding carboxylic acids is 1. The number of nitrogens with zero attached hydrogens (tertiary/aromatic N) is 2. The molecule has 1 fully saturated rings. The molecule has 2 aromatic rings. The van der Waals surface area contributed by atoms with Gasteiger partial charge in [-0.3, -0.25) is 9.48 Å². The second-order valence-electron chi connectivity index (χ2n) is 9.19. The molecular formula is C23H28ClF4N3O4S. The van der Waals surface area contributed by atoms with Crippen LogP contribution in [0.3, 0.4) is 0 Å². The quantitative estimate of drug-likeness (QED) is 0.475. The zero-order chi connectivity index (χ0) is 26.9. The van der Waals surface area contributed by atoms with Gasteiger partial charge in [0.25, 0.3) is 5.91 Å². The number of carbonyl (C=O) groups is 1. The number of rotatable bonds is 8. The van der Waals surface area contributed by atoms with Crippen molar-refractivity contribution in [2.24, 2.45) is 0 Å². The smallest absolute Gasteiger partial charge is 0.388 e. The van der Waals surface area contributed by atoms with Crippen LogP contribution in [-0.2, 0) is 22.8 Å². The predicted molar refractivity (Wildman–Crippen MR) is 127 cm³/mol. The van der Waals surface area contributed by atoms with E-state index in [1.54, 1.807) is 6.92 Å². The van der Waals surface area contributed by atoms with Gasteiger partial charge in [-0.2, -0.15) is 18.3 Å². The summed E-state index contributed by atoms with van der Waals surface area (Å²) >= 11 is 6.41. The number of aromatic nitrogens is 2. The van der Waals surface area contributed by atoms with Crippen LogP contribution in [-0.4, -0.2) is 59.0 Å². The Balaban J connectivity index is 1.75. The minimum absolute atomic E-state index is 0.0121. The maximum absolute atomic E-state index is 14.9. The summed E-state index contributed by atoms with van der Waals surface area (Å²) in [7, 11) is -3.21. The predicted octanol–water partition coefficient (Wildman–Crippen LogP) is 4.31. The normalized spacial score (nSPS) is 20.9. The number of amides is 1. The van der Waals surface area contributed by atoms with E-state index in [0.717, 1.165) is 12.3 Å². The van der Waals surface area contributed by atoms with Gasteiger partial charge < -0.3 is 10.4 Å².